The van der Waals surface area contributed by atoms with Gasteiger partial charge in [0.2, 0.25) is 5.91 Å². The highest BCUT2D eigenvalue weighted by molar-refractivity contribution is 5.82. The maximum atomic E-state index is 12.4. The fourth-order valence-electron chi connectivity index (χ4n) is 3.11. The minimum absolute atomic E-state index is 0.0199. The largest absolute Gasteiger partial charge is 0.481 e. The number of hydrogen-bond donors (Lipinski definition) is 2. The molecular formula is C13H22N2O3. The van der Waals surface area contributed by atoms with Crippen molar-refractivity contribution in [2.45, 2.75) is 39.2 Å². The first kappa shape index (κ1) is 13.3. The normalized spacial score (nSPS) is 36.0. The number of rotatable bonds is 3. The number of carbonyl (C=O) groups is 2. The average Bonchev–Trinajstić information content (AvgIpc) is 2.95. The lowest BCUT2D eigenvalue weighted by Crippen LogP contribution is -2.41. The Morgan fingerprint density at radius 2 is 2.22 bits per heavy atom. The summed E-state index contributed by atoms with van der Waals surface area (Å²) in [7, 11) is 0. The van der Waals surface area contributed by atoms with Gasteiger partial charge in [0.1, 0.15) is 0 Å². The van der Waals surface area contributed by atoms with E-state index in [9.17, 15) is 14.7 Å². The predicted molar refractivity (Wildman–Crippen MR) is 67.1 cm³/mol. The van der Waals surface area contributed by atoms with Gasteiger partial charge in [-0.3, -0.25) is 9.59 Å². The summed E-state index contributed by atoms with van der Waals surface area (Å²) in [6, 6.07) is 0.207. The molecule has 102 valence electrons. The third kappa shape index (κ3) is 2.11. The highest BCUT2D eigenvalue weighted by atomic mass is 16.4. The van der Waals surface area contributed by atoms with Crippen molar-refractivity contribution in [3.05, 3.63) is 0 Å². The minimum atomic E-state index is -0.766. The van der Waals surface area contributed by atoms with Crippen LogP contribution in [0.3, 0.4) is 0 Å². The topological polar surface area (TPSA) is 69.6 Å². The van der Waals surface area contributed by atoms with Crippen molar-refractivity contribution in [3.63, 3.8) is 0 Å². The van der Waals surface area contributed by atoms with Crippen LogP contribution in [0.1, 0.15) is 33.1 Å². The van der Waals surface area contributed by atoms with Crippen LogP contribution < -0.4 is 5.32 Å². The Kier molecular flexibility index (Phi) is 3.61. The van der Waals surface area contributed by atoms with Crippen molar-refractivity contribution in [1.29, 1.82) is 0 Å². The summed E-state index contributed by atoms with van der Waals surface area (Å²) < 4.78 is 0. The molecule has 2 heterocycles. The number of carboxylic acid groups (broad SMARTS) is 1. The molecule has 2 saturated heterocycles. The van der Waals surface area contributed by atoms with Crippen LogP contribution >= 0.6 is 0 Å². The molecule has 1 amide bonds. The van der Waals surface area contributed by atoms with Crippen LogP contribution in [0.25, 0.3) is 0 Å². The highest BCUT2D eigenvalue weighted by Gasteiger charge is 2.46. The number of hydrogen-bond acceptors (Lipinski definition) is 3. The molecule has 0 aromatic heterocycles. The second kappa shape index (κ2) is 4.88. The van der Waals surface area contributed by atoms with Crippen LogP contribution in [0.2, 0.25) is 0 Å². The zero-order valence-electron chi connectivity index (χ0n) is 11.1. The Bertz CT molecular complexity index is 358. The fourth-order valence-corrected chi connectivity index (χ4v) is 3.11. The summed E-state index contributed by atoms with van der Waals surface area (Å²) in [5.74, 6) is -0.617. The molecule has 0 bridgehead atoms. The van der Waals surface area contributed by atoms with E-state index in [4.69, 9.17) is 0 Å². The first-order chi connectivity index (χ1) is 8.50. The molecule has 2 aliphatic rings. The number of nitrogens with one attached hydrogen (secondary N) is 1. The van der Waals surface area contributed by atoms with E-state index in [1.807, 2.05) is 13.8 Å². The molecule has 5 heteroatoms. The van der Waals surface area contributed by atoms with Crippen LogP contribution in [-0.2, 0) is 9.59 Å². The quantitative estimate of drug-likeness (QED) is 0.778. The summed E-state index contributed by atoms with van der Waals surface area (Å²) in [6.45, 7) is 5.75. The van der Waals surface area contributed by atoms with Crippen molar-refractivity contribution in [2.75, 3.05) is 19.6 Å². The average molecular weight is 254 g/mol. The van der Waals surface area contributed by atoms with Crippen molar-refractivity contribution in [1.82, 2.24) is 10.2 Å². The van der Waals surface area contributed by atoms with Crippen LogP contribution in [0, 0.1) is 11.3 Å². The van der Waals surface area contributed by atoms with Crippen molar-refractivity contribution >= 4 is 11.9 Å². The van der Waals surface area contributed by atoms with E-state index < -0.39 is 11.4 Å². The summed E-state index contributed by atoms with van der Waals surface area (Å²) in [5.41, 5.74) is -0.717. The van der Waals surface area contributed by atoms with E-state index in [1.54, 1.807) is 4.90 Å². The molecular weight excluding hydrogens is 232 g/mol. The molecule has 3 unspecified atom stereocenters. The highest BCUT2D eigenvalue weighted by Crippen LogP contribution is 2.35. The Hall–Kier alpha value is -1.10. The number of carboxylic acids is 1. The van der Waals surface area contributed by atoms with Crippen LogP contribution in [-0.4, -0.2) is 47.6 Å². The van der Waals surface area contributed by atoms with E-state index in [-0.39, 0.29) is 17.9 Å². The van der Waals surface area contributed by atoms with Gasteiger partial charge in [0, 0.05) is 19.1 Å². The van der Waals surface area contributed by atoms with E-state index in [2.05, 4.69) is 5.32 Å². The van der Waals surface area contributed by atoms with Crippen LogP contribution in [0.5, 0.6) is 0 Å². The molecule has 0 aromatic rings. The zero-order chi connectivity index (χ0) is 13.3. The second-order valence-electron chi connectivity index (χ2n) is 5.59. The van der Waals surface area contributed by atoms with E-state index in [1.165, 1.54) is 0 Å². The molecule has 0 saturated carbocycles. The molecule has 3 atom stereocenters. The smallest absolute Gasteiger partial charge is 0.311 e. The van der Waals surface area contributed by atoms with Gasteiger partial charge in [-0.05, 0) is 32.7 Å². The van der Waals surface area contributed by atoms with Gasteiger partial charge in [-0.2, -0.15) is 0 Å². The molecule has 5 nitrogen and oxygen atoms in total. The van der Waals surface area contributed by atoms with Gasteiger partial charge in [-0.15, -0.1) is 0 Å². The number of likely N-dealkylation sites (tertiary alicyclic amines) is 1. The lowest BCUT2D eigenvalue weighted by atomic mass is 9.84. The zero-order valence-corrected chi connectivity index (χ0v) is 11.1. The molecule has 0 aliphatic carbocycles. The fraction of sp³-hybridized carbons (Fsp3) is 0.846. The Labute approximate surface area is 108 Å². The molecule has 18 heavy (non-hydrogen) atoms. The molecule has 0 spiro atoms. The molecule has 0 radical (unpaired) electrons. The molecule has 2 rings (SSSR count). The van der Waals surface area contributed by atoms with Gasteiger partial charge < -0.3 is 15.3 Å². The third-order valence-corrected chi connectivity index (χ3v) is 4.64. The maximum absolute atomic E-state index is 12.4. The summed E-state index contributed by atoms with van der Waals surface area (Å²) in [5, 5.41) is 12.6. The monoisotopic (exact) mass is 254 g/mol. The summed E-state index contributed by atoms with van der Waals surface area (Å²) >= 11 is 0. The first-order valence-corrected chi connectivity index (χ1v) is 6.76. The second-order valence-corrected chi connectivity index (χ2v) is 5.59. The van der Waals surface area contributed by atoms with Gasteiger partial charge >= 0.3 is 5.97 Å². The van der Waals surface area contributed by atoms with E-state index in [0.29, 0.717) is 25.9 Å². The Balaban J connectivity index is 2.04. The number of carbonyl (C=O) groups excluding carboxylic acids is 1. The van der Waals surface area contributed by atoms with Crippen molar-refractivity contribution in [3.8, 4) is 0 Å². The molecule has 2 fully saturated rings. The molecule has 2 N–H and O–H groups in total. The van der Waals surface area contributed by atoms with Crippen molar-refractivity contribution < 1.29 is 14.7 Å². The van der Waals surface area contributed by atoms with Gasteiger partial charge in [-0.1, -0.05) is 6.92 Å². The van der Waals surface area contributed by atoms with Gasteiger partial charge in [0.05, 0.1) is 11.3 Å². The van der Waals surface area contributed by atoms with Crippen molar-refractivity contribution in [2.24, 2.45) is 11.3 Å². The first-order valence-electron chi connectivity index (χ1n) is 6.76. The van der Waals surface area contributed by atoms with Crippen LogP contribution in [0.15, 0.2) is 0 Å². The summed E-state index contributed by atoms with van der Waals surface area (Å²) in [4.78, 5) is 25.5. The van der Waals surface area contributed by atoms with E-state index in [0.717, 1.165) is 13.0 Å². The van der Waals surface area contributed by atoms with Gasteiger partial charge in [0.25, 0.3) is 0 Å². The molecule has 0 aromatic carbocycles. The maximum Gasteiger partial charge on any atom is 0.311 e. The number of aliphatic carboxylic acids is 1. The third-order valence-electron chi connectivity index (χ3n) is 4.64. The SMILES string of the molecule is CCC1(C(=O)O)CCN(C(=O)C2CCNC2C)C1. The summed E-state index contributed by atoms with van der Waals surface area (Å²) in [6.07, 6.45) is 2.03. The predicted octanol–water partition coefficient (Wildman–Crippen LogP) is 0.698. The van der Waals surface area contributed by atoms with Crippen LogP contribution in [0.4, 0.5) is 0 Å². The lowest BCUT2D eigenvalue weighted by molar-refractivity contribution is -0.149. The standard InChI is InChI=1S/C13H22N2O3/c1-3-13(12(17)18)5-7-15(8-13)11(16)10-4-6-14-9(10)2/h9-10,14H,3-8H2,1-2H3,(H,17,18). The lowest BCUT2D eigenvalue weighted by Gasteiger charge is -2.26. The number of amides is 1. The van der Waals surface area contributed by atoms with Gasteiger partial charge in [-0.25, -0.2) is 0 Å². The van der Waals surface area contributed by atoms with E-state index >= 15 is 0 Å². The Morgan fingerprint density at radius 3 is 2.67 bits per heavy atom. The van der Waals surface area contributed by atoms with Gasteiger partial charge in [0.15, 0.2) is 0 Å². The Morgan fingerprint density at radius 1 is 1.50 bits per heavy atom. The number of nitrogens with zero attached hydrogens (tertiary/aromatic N) is 1. The minimum Gasteiger partial charge on any atom is -0.481 e. The molecule has 2 aliphatic heterocycles.